The molecule has 0 aliphatic heterocycles. The van der Waals surface area contributed by atoms with E-state index in [-0.39, 0.29) is 29.9 Å². The minimum atomic E-state index is -0.590. The van der Waals surface area contributed by atoms with Crippen molar-refractivity contribution in [1.82, 2.24) is 4.98 Å². The summed E-state index contributed by atoms with van der Waals surface area (Å²) in [6.07, 6.45) is 5.12. The molecule has 20 heavy (non-hydrogen) atoms. The molecule has 1 heterocycles. The summed E-state index contributed by atoms with van der Waals surface area (Å²) in [6, 6.07) is 3.13. The van der Waals surface area contributed by atoms with Crippen LogP contribution < -0.4 is 4.74 Å². The van der Waals surface area contributed by atoms with Gasteiger partial charge in [0.2, 0.25) is 5.75 Å². The van der Waals surface area contributed by atoms with Crippen LogP contribution in [0.15, 0.2) is 12.1 Å². The number of Topliss-reactive ketones (excluding diaryl/α,β-unsaturated/α-hetero) is 1. The zero-order valence-corrected chi connectivity index (χ0v) is 11.5. The lowest BCUT2D eigenvalue weighted by atomic mass is 9.86. The molecule has 0 N–H and O–H groups in total. The average Bonchev–Trinajstić information content (AvgIpc) is 2.46. The number of carbonyl (C=O) groups excluding carboxylic acids is 1. The lowest BCUT2D eigenvalue weighted by Crippen LogP contribution is -2.23. The van der Waals surface area contributed by atoms with E-state index >= 15 is 0 Å². The highest BCUT2D eigenvalue weighted by Gasteiger charge is 2.23. The van der Waals surface area contributed by atoms with E-state index in [0.717, 1.165) is 25.7 Å². The maximum absolute atomic E-state index is 12.0. The van der Waals surface area contributed by atoms with Crippen molar-refractivity contribution in [3.63, 3.8) is 0 Å². The second-order valence-corrected chi connectivity index (χ2v) is 5.12. The quantitative estimate of drug-likeness (QED) is 0.611. The lowest BCUT2D eigenvalue weighted by Gasteiger charge is -2.20. The van der Waals surface area contributed by atoms with Crippen LogP contribution in [-0.4, -0.2) is 22.3 Å². The number of hydrogen-bond donors (Lipinski definition) is 0. The first-order valence-corrected chi connectivity index (χ1v) is 6.85. The van der Waals surface area contributed by atoms with Gasteiger partial charge < -0.3 is 14.9 Å². The van der Waals surface area contributed by atoms with Gasteiger partial charge in [0.05, 0.1) is 0 Å². The van der Waals surface area contributed by atoms with Gasteiger partial charge in [-0.05, 0) is 34.9 Å². The highest BCUT2D eigenvalue weighted by Crippen LogP contribution is 2.27. The smallest absolute Gasteiger partial charge is 0.406 e. The molecule has 1 aromatic heterocycles. The van der Waals surface area contributed by atoms with Gasteiger partial charge in [0.1, 0.15) is 12.3 Å². The number of hydrogen-bond acceptors (Lipinski definition) is 5. The van der Waals surface area contributed by atoms with Gasteiger partial charge >= 0.3 is 5.82 Å². The van der Waals surface area contributed by atoms with Crippen molar-refractivity contribution in [3.05, 3.63) is 27.9 Å². The lowest BCUT2D eigenvalue weighted by molar-refractivity contribution is -0.390. The number of carbonyl (C=O) groups is 1. The molecule has 0 saturated heterocycles. The van der Waals surface area contributed by atoms with Gasteiger partial charge in [-0.3, -0.25) is 4.79 Å². The Morgan fingerprint density at radius 3 is 2.75 bits per heavy atom. The number of aromatic nitrogens is 1. The molecule has 0 amide bonds. The Labute approximate surface area is 117 Å². The standard InChI is InChI=1S/C14H18N2O4/c1-10-7-8-13(14(15-10)16(18)19)20-9-12(17)11-5-3-2-4-6-11/h7-8,11H,2-6,9H2,1H3. The topological polar surface area (TPSA) is 82.3 Å². The van der Waals surface area contributed by atoms with Gasteiger partial charge in [-0.25, -0.2) is 0 Å². The normalized spacial score (nSPS) is 15.8. The van der Waals surface area contributed by atoms with Crippen LogP contribution in [0, 0.1) is 23.0 Å². The number of aryl methyl sites for hydroxylation is 1. The molecule has 1 fully saturated rings. The molecule has 0 atom stereocenters. The molecule has 0 unspecified atom stereocenters. The fraction of sp³-hybridized carbons (Fsp3) is 0.571. The van der Waals surface area contributed by atoms with E-state index in [1.54, 1.807) is 13.0 Å². The third kappa shape index (κ3) is 3.53. The van der Waals surface area contributed by atoms with Crippen LogP contribution in [0.4, 0.5) is 5.82 Å². The van der Waals surface area contributed by atoms with E-state index in [1.165, 1.54) is 12.5 Å². The largest absolute Gasteiger partial charge is 0.478 e. The Balaban J connectivity index is 1.99. The number of nitro groups is 1. The second-order valence-electron chi connectivity index (χ2n) is 5.12. The molecule has 0 bridgehead atoms. The van der Waals surface area contributed by atoms with Gasteiger partial charge in [-0.1, -0.05) is 19.3 Å². The Kier molecular flexibility index (Phi) is 4.65. The molecule has 1 aliphatic rings. The zero-order chi connectivity index (χ0) is 14.5. The molecule has 0 aromatic carbocycles. The molecule has 6 heteroatoms. The molecule has 1 saturated carbocycles. The van der Waals surface area contributed by atoms with E-state index in [0.29, 0.717) is 5.69 Å². The van der Waals surface area contributed by atoms with Crippen molar-refractivity contribution in [2.45, 2.75) is 39.0 Å². The summed E-state index contributed by atoms with van der Waals surface area (Å²) in [5.74, 6) is -0.202. The monoisotopic (exact) mass is 278 g/mol. The van der Waals surface area contributed by atoms with E-state index < -0.39 is 4.92 Å². The maximum Gasteiger partial charge on any atom is 0.406 e. The van der Waals surface area contributed by atoms with Gasteiger partial charge in [0.15, 0.2) is 5.78 Å². The van der Waals surface area contributed by atoms with Crippen molar-refractivity contribution in [1.29, 1.82) is 0 Å². The fourth-order valence-corrected chi connectivity index (χ4v) is 2.46. The van der Waals surface area contributed by atoms with Crippen LogP contribution in [0.5, 0.6) is 5.75 Å². The summed E-state index contributed by atoms with van der Waals surface area (Å²) in [4.78, 5) is 26.1. The van der Waals surface area contributed by atoms with Crippen LogP contribution in [-0.2, 0) is 4.79 Å². The molecule has 0 radical (unpaired) electrons. The number of pyridine rings is 1. The Morgan fingerprint density at radius 2 is 2.10 bits per heavy atom. The van der Waals surface area contributed by atoms with Gasteiger partial charge in [-0.2, -0.15) is 0 Å². The van der Waals surface area contributed by atoms with E-state index in [4.69, 9.17) is 4.74 Å². The van der Waals surface area contributed by atoms with E-state index in [9.17, 15) is 14.9 Å². The summed E-state index contributed by atoms with van der Waals surface area (Å²) in [7, 11) is 0. The van der Waals surface area contributed by atoms with Crippen molar-refractivity contribution < 1.29 is 14.5 Å². The molecule has 1 aliphatic carbocycles. The number of nitrogens with zero attached hydrogens (tertiary/aromatic N) is 2. The molecular weight excluding hydrogens is 260 g/mol. The van der Waals surface area contributed by atoms with Crippen molar-refractivity contribution >= 4 is 11.6 Å². The maximum atomic E-state index is 12.0. The summed E-state index contributed by atoms with van der Waals surface area (Å²) in [5.41, 5.74) is 0.544. The minimum absolute atomic E-state index is 0.0274. The Bertz CT molecular complexity index is 510. The number of rotatable bonds is 5. The number of ketones is 1. The minimum Gasteiger partial charge on any atom is -0.478 e. The fourth-order valence-electron chi connectivity index (χ4n) is 2.46. The summed E-state index contributed by atoms with van der Waals surface area (Å²) < 4.78 is 5.31. The molecule has 2 rings (SSSR count). The van der Waals surface area contributed by atoms with Crippen molar-refractivity contribution in [2.75, 3.05) is 6.61 Å². The summed E-state index contributed by atoms with van der Waals surface area (Å²) >= 11 is 0. The predicted octanol–water partition coefficient (Wildman–Crippen LogP) is 2.83. The Morgan fingerprint density at radius 1 is 1.40 bits per heavy atom. The van der Waals surface area contributed by atoms with Gasteiger partial charge in [0, 0.05) is 12.8 Å². The molecule has 108 valence electrons. The Hall–Kier alpha value is -1.98. The van der Waals surface area contributed by atoms with Gasteiger partial charge in [-0.15, -0.1) is 0 Å². The third-order valence-electron chi connectivity index (χ3n) is 3.58. The van der Waals surface area contributed by atoms with Crippen LogP contribution in [0.1, 0.15) is 37.8 Å². The van der Waals surface area contributed by atoms with Gasteiger partial charge in [0.25, 0.3) is 0 Å². The molecule has 6 nitrogen and oxygen atoms in total. The molecule has 1 aromatic rings. The summed E-state index contributed by atoms with van der Waals surface area (Å²) in [6.45, 7) is 1.56. The van der Waals surface area contributed by atoms with E-state index in [1.807, 2.05) is 0 Å². The summed E-state index contributed by atoms with van der Waals surface area (Å²) in [5, 5.41) is 10.9. The number of ether oxygens (including phenoxy) is 1. The van der Waals surface area contributed by atoms with E-state index in [2.05, 4.69) is 4.98 Å². The van der Waals surface area contributed by atoms with Crippen LogP contribution >= 0.6 is 0 Å². The molecular formula is C14H18N2O4. The molecule has 0 spiro atoms. The van der Waals surface area contributed by atoms with Crippen LogP contribution in [0.25, 0.3) is 0 Å². The third-order valence-corrected chi connectivity index (χ3v) is 3.58. The average molecular weight is 278 g/mol. The van der Waals surface area contributed by atoms with Crippen LogP contribution in [0.2, 0.25) is 0 Å². The zero-order valence-electron chi connectivity index (χ0n) is 11.5. The first-order valence-electron chi connectivity index (χ1n) is 6.85. The van der Waals surface area contributed by atoms with Crippen molar-refractivity contribution in [2.24, 2.45) is 5.92 Å². The first kappa shape index (κ1) is 14.4. The van der Waals surface area contributed by atoms with Crippen molar-refractivity contribution in [3.8, 4) is 5.75 Å². The highest BCUT2D eigenvalue weighted by molar-refractivity contribution is 5.82. The SMILES string of the molecule is Cc1ccc(OCC(=O)C2CCCCC2)c([N+](=O)[O-])n1. The van der Waals surface area contributed by atoms with Crippen LogP contribution in [0.3, 0.4) is 0 Å². The second kappa shape index (κ2) is 6.45. The highest BCUT2D eigenvalue weighted by atomic mass is 16.6. The predicted molar refractivity (Wildman–Crippen MR) is 72.7 cm³/mol. The first-order chi connectivity index (χ1) is 9.58.